The van der Waals surface area contributed by atoms with E-state index in [1.54, 1.807) is 0 Å². The molecule has 3 fully saturated rings. The van der Waals surface area contributed by atoms with Crippen LogP contribution < -0.4 is 0 Å². The van der Waals surface area contributed by atoms with Crippen LogP contribution in [0, 0.1) is 23.7 Å². The standard InChI is InChI=1S/C24H38O5/c1-6-8-19(25)29-23(4)10-7-9-14(2)11-17-21-20(22(23)28-17)16-12-18(24(21,5)26)27-13-15(16)3/h9,15-18,20-22,26H,6-8,10-13H2,1-5H3/b14-9-/t15-,16+,17+,18+,20+,21+,22+,23+,24-/m0/s1. The Morgan fingerprint density at radius 1 is 1.38 bits per heavy atom. The molecule has 4 aliphatic rings. The summed E-state index contributed by atoms with van der Waals surface area (Å²) in [6.45, 7) is 11.1. The molecule has 1 aliphatic carbocycles. The molecule has 1 saturated carbocycles. The summed E-state index contributed by atoms with van der Waals surface area (Å²) < 4.78 is 19.0. The van der Waals surface area contributed by atoms with E-state index < -0.39 is 11.2 Å². The second-order valence-corrected chi connectivity index (χ2v) is 10.5. The van der Waals surface area contributed by atoms with E-state index in [0.717, 1.165) is 32.1 Å². The Hall–Kier alpha value is -0.910. The minimum absolute atomic E-state index is 0.00958. The molecule has 2 saturated heterocycles. The lowest BCUT2D eigenvalue weighted by Crippen LogP contribution is -2.63. The van der Waals surface area contributed by atoms with Crippen LogP contribution in [0.3, 0.4) is 0 Å². The van der Waals surface area contributed by atoms with E-state index in [9.17, 15) is 9.90 Å². The quantitative estimate of drug-likeness (QED) is 0.566. The smallest absolute Gasteiger partial charge is 0.306 e. The van der Waals surface area contributed by atoms with E-state index >= 15 is 0 Å². The van der Waals surface area contributed by atoms with Crippen LogP contribution in [0.5, 0.6) is 0 Å². The Labute approximate surface area is 175 Å². The lowest BCUT2D eigenvalue weighted by atomic mass is 9.55. The molecular weight excluding hydrogens is 368 g/mol. The van der Waals surface area contributed by atoms with E-state index in [-0.39, 0.29) is 36.1 Å². The predicted molar refractivity (Wildman–Crippen MR) is 110 cm³/mol. The molecule has 0 spiro atoms. The molecular formula is C24H38O5. The van der Waals surface area contributed by atoms with E-state index in [0.29, 0.717) is 24.9 Å². The summed E-state index contributed by atoms with van der Waals surface area (Å²) in [4.78, 5) is 12.5. The first-order valence-corrected chi connectivity index (χ1v) is 11.5. The number of ether oxygens (including phenoxy) is 3. The van der Waals surface area contributed by atoms with Crippen LogP contribution in [0.1, 0.15) is 73.1 Å². The van der Waals surface area contributed by atoms with Crippen LogP contribution in [0.4, 0.5) is 0 Å². The van der Waals surface area contributed by atoms with Gasteiger partial charge in [0, 0.05) is 24.9 Å². The van der Waals surface area contributed by atoms with Crippen molar-refractivity contribution in [1.29, 1.82) is 0 Å². The molecule has 0 aromatic carbocycles. The average Bonchev–Trinajstić information content (AvgIpc) is 3.03. The number of rotatable bonds is 3. The zero-order valence-electron chi connectivity index (χ0n) is 18.6. The maximum absolute atomic E-state index is 12.5. The summed E-state index contributed by atoms with van der Waals surface area (Å²) in [6.07, 6.45) is 6.38. The number of esters is 1. The normalized spacial score (nSPS) is 51.1. The van der Waals surface area contributed by atoms with Gasteiger partial charge in [0.15, 0.2) is 0 Å². The maximum Gasteiger partial charge on any atom is 0.306 e. The van der Waals surface area contributed by atoms with Crippen molar-refractivity contribution in [2.75, 3.05) is 6.61 Å². The Balaban J connectivity index is 1.76. The molecule has 5 nitrogen and oxygen atoms in total. The summed E-state index contributed by atoms with van der Waals surface area (Å²) in [6, 6.07) is 0. The van der Waals surface area contributed by atoms with Crippen LogP contribution in [0.2, 0.25) is 0 Å². The second-order valence-electron chi connectivity index (χ2n) is 10.5. The largest absolute Gasteiger partial charge is 0.457 e. The third kappa shape index (κ3) is 3.57. The van der Waals surface area contributed by atoms with Crippen LogP contribution in [0.15, 0.2) is 11.6 Å². The molecule has 0 radical (unpaired) electrons. The van der Waals surface area contributed by atoms with E-state index in [2.05, 4.69) is 26.8 Å². The molecule has 0 amide bonds. The van der Waals surface area contributed by atoms with Crippen molar-refractivity contribution in [2.24, 2.45) is 23.7 Å². The lowest BCUT2D eigenvalue weighted by molar-refractivity contribution is -0.223. The van der Waals surface area contributed by atoms with Crippen LogP contribution in [-0.4, -0.2) is 47.2 Å². The van der Waals surface area contributed by atoms with Gasteiger partial charge in [-0.3, -0.25) is 4.79 Å². The molecule has 1 N–H and O–H groups in total. The third-order valence-electron chi connectivity index (χ3n) is 8.14. The number of hydrogen-bond acceptors (Lipinski definition) is 5. The van der Waals surface area contributed by atoms with Gasteiger partial charge >= 0.3 is 5.97 Å². The molecule has 29 heavy (non-hydrogen) atoms. The first-order chi connectivity index (χ1) is 13.7. The highest BCUT2D eigenvalue weighted by Gasteiger charge is 2.66. The van der Waals surface area contributed by atoms with Gasteiger partial charge in [0.05, 0.1) is 17.8 Å². The number of carbonyl (C=O) groups is 1. The Kier molecular flexibility index (Phi) is 5.63. The highest BCUT2D eigenvalue weighted by atomic mass is 16.6. The van der Waals surface area contributed by atoms with E-state index in [4.69, 9.17) is 14.2 Å². The van der Waals surface area contributed by atoms with Crippen molar-refractivity contribution in [3.8, 4) is 0 Å². The average molecular weight is 407 g/mol. The molecule has 0 aromatic rings. The van der Waals surface area contributed by atoms with Crippen molar-refractivity contribution in [1.82, 2.24) is 0 Å². The minimum atomic E-state index is -0.936. The van der Waals surface area contributed by atoms with Gasteiger partial charge in [-0.15, -0.1) is 0 Å². The number of allylic oxidation sites excluding steroid dienone is 1. The van der Waals surface area contributed by atoms with Crippen molar-refractivity contribution >= 4 is 5.97 Å². The SMILES string of the molecule is CCCC(=O)O[C@]1(C)CC/C=C(/C)C[C@H]2O[C@@H]1[C@@H]1[C@@H]3C[C@@H](OC[C@@H]3C)[C@](C)(O)[C@@H]12. The summed E-state index contributed by atoms with van der Waals surface area (Å²) in [5.41, 5.74) is -0.320. The van der Waals surface area contributed by atoms with Crippen molar-refractivity contribution in [2.45, 2.75) is 103 Å². The fraction of sp³-hybridized carbons (Fsp3) is 0.875. The molecule has 3 aliphatic heterocycles. The molecule has 0 aromatic heterocycles. The summed E-state index contributed by atoms with van der Waals surface area (Å²) in [5, 5.41) is 11.6. The third-order valence-corrected chi connectivity index (χ3v) is 8.14. The maximum atomic E-state index is 12.5. The molecule has 5 heteroatoms. The monoisotopic (exact) mass is 406 g/mol. The first kappa shape index (κ1) is 21.3. The fourth-order valence-electron chi connectivity index (χ4n) is 6.65. The van der Waals surface area contributed by atoms with Crippen LogP contribution >= 0.6 is 0 Å². The van der Waals surface area contributed by atoms with Gasteiger partial charge in [-0.25, -0.2) is 0 Å². The van der Waals surface area contributed by atoms with Crippen molar-refractivity contribution in [3.63, 3.8) is 0 Å². The van der Waals surface area contributed by atoms with Gasteiger partial charge in [-0.05, 0) is 64.7 Å². The van der Waals surface area contributed by atoms with Crippen LogP contribution in [-0.2, 0) is 19.0 Å². The number of hydrogen-bond donors (Lipinski definition) is 1. The van der Waals surface area contributed by atoms with Gasteiger partial charge < -0.3 is 19.3 Å². The molecule has 0 unspecified atom stereocenters. The van der Waals surface area contributed by atoms with Crippen LogP contribution in [0.25, 0.3) is 0 Å². The summed E-state index contributed by atoms with van der Waals surface area (Å²) in [7, 11) is 0. The summed E-state index contributed by atoms with van der Waals surface area (Å²) >= 11 is 0. The van der Waals surface area contributed by atoms with E-state index in [1.165, 1.54) is 5.57 Å². The van der Waals surface area contributed by atoms with Gasteiger partial charge in [-0.1, -0.05) is 25.5 Å². The first-order valence-electron chi connectivity index (χ1n) is 11.5. The molecule has 4 rings (SSSR count). The topological polar surface area (TPSA) is 65.0 Å². The highest BCUT2D eigenvalue weighted by molar-refractivity contribution is 5.69. The van der Waals surface area contributed by atoms with Gasteiger partial charge in [0.2, 0.25) is 0 Å². The highest BCUT2D eigenvalue weighted by Crippen LogP contribution is 2.58. The number of fused-ring (bicyclic) bond motifs is 8. The second kappa shape index (κ2) is 7.65. The lowest BCUT2D eigenvalue weighted by Gasteiger charge is -2.55. The number of aliphatic hydroxyl groups is 1. The summed E-state index contributed by atoms with van der Waals surface area (Å²) in [5.74, 6) is 0.857. The Morgan fingerprint density at radius 2 is 2.14 bits per heavy atom. The number of carbonyl (C=O) groups excluding carboxylic acids is 1. The van der Waals surface area contributed by atoms with E-state index in [1.807, 2.05) is 13.8 Å². The van der Waals surface area contributed by atoms with Gasteiger partial charge in [-0.2, -0.15) is 0 Å². The van der Waals surface area contributed by atoms with Gasteiger partial charge in [0.25, 0.3) is 0 Å². The fourth-order valence-corrected chi connectivity index (χ4v) is 6.65. The zero-order valence-corrected chi connectivity index (χ0v) is 18.6. The molecule has 9 atom stereocenters. The van der Waals surface area contributed by atoms with Crippen molar-refractivity contribution < 1.29 is 24.1 Å². The molecule has 3 heterocycles. The molecule has 164 valence electrons. The van der Waals surface area contributed by atoms with Crippen molar-refractivity contribution in [3.05, 3.63) is 11.6 Å². The molecule has 4 bridgehead atoms. The minimum Gasteiger partial charge on any atom is -0.457 e. The van der Waals surface area contributed by atoms with Gasteiger partial charge in [0.1, 0.15) is 11.7 Å². The zero-order chi connectivity index (χ0) is 21.0. The Bertz CT molecular complexity index is 670. The predicted octanol–water partition coefficient (Wildman–Crippen LogP) is 4.02. The Morgan fingerprint density at radius 3 is 2.86 bits per heavy atom.